The van der Waals surface area contributed by atoms with E-state index in [2.05, 4.69) is 5.32 Å². The quantitative estimate of drug-likeness (QED) is 0.779. The summed E-state index contributed by atoms with van der Waals surface area (Å²) in [6.07, 6.45) is 0.284. The summed E-state index contributed by atoms with van der Waals surface area (Å²) in [4.78, 5) is 25.6. The molecule has 0 unspecified atom stereocenters. The molecule has 21 heavy (non-hydrogen) atoms. The molecule has 1 aromatic carbocycles. The lowest BCUT2D eigenvalue weighted by atomic mass is 10.1. The average molecular weight is 293 g/mol. The largest absolute Gasteiger partial charge is 0.497 e. The summed E-state index contributed by atoms with van der Waals surface area (Å²) >= 11 is 0. The minimum absolute atomic E-state index is 0.0542. The van der Waals surface area contributed by atoms with Gasteiger partial charge in [-0.3, -0.25) is 9.59 Å². The van der Waals surface area contributed by atoms with E-state index >= 15 is 0 Å². The van der Waals surface area contributed by atoms with Crippen molar-refractivity contribution in [1.29, 1.82) is 0 Å². The Labute approximate surface area is 123 Å². The van der Waals surface area contributed by atoms with E-state index in [0.29, 0.717) is 36.7 Å². The first-order valence-corrected chi connectivity index (χ1v) is 6.64. The summed E-state index contributed by atoms with van der Waals surface area (Å²) < 4.78 is 10.3. The third-order valence-electron chi connectivity index (χ3n) is 3.40. The number of amides is 2. The lowest BCUT2D eigenvalue weighted by Crippen LogP contribution is -2.34. The van der Waals surface area contributed by atoms with Crippen LogP contribution in [0.4, 0.5) is 5.69 Å². The first-order chi connectivity index (χ1) is 10.1. The van der Waals surface area contributed by atoms with Gasteiger partial charge in [0.25, 0.3) is 5.91 Å². The van der Waals surface area contributed by atoms with Gasteiger partial charge in [0.1, 0.15) is 11.5 Å². The van der Waals surface area contributed by atoms with Crippen LogP contribution in [0.1, 0.15) is 16.8 Å². The molecule has 114 valence electrons. The van der Waals surface area contributed by atoms with E-state index in [0.717, 1.165) is 0 Å². The van der Waals surface area contributed by atoms with Crippen LogP contribution in [-0.2, 0) is 4.79 Å². The fraction of sp³-hybridized carbons (Fsp3) is 0.429. The van der Waals surface area contributed by atoms with E-state index in [9.17, 15) is 9.59 Å². The Balaban J connectivity index is 2.31. The molecule has 0 aliphatic carbocycles. The first-order valence-electron chi connectivity index (χ1n) is 6.64. The molecule has 2 amide bonds. The molecule has 0 spiro atoms. The van der Waals surface area contributed by atoms with Gasteiger partial charge in [0, 0.05) is 32.1 Å². The third-order valence-corrected chi connectivity index (χ3v) is 3.40. The minimum atomic E-state index is -0.235. The predicted octanol–water partition coefficient (Wildman–Crippen LogP) is 0.248. The van der Waals surface area contributed by atoms with E-state index in [1.807, 2.05) is 0 Å². The Morgan fingerprint density at radius 1 is 1.29 bits per heavy atom. The van der Waals surface area contributed by atoms with Gasteiger partial charge in [0.05, 0.1) is 25.5 Å². The van der Waals surface area contributed by atoms with E-state index < -0.39 is 0 Å². The fourth-order valence-electron chi connectivity index (χ4n) is 2.21. The van der Waals surface area contributed by atoms with E-state index in [-0.39, 0.29) is 23.9 Å². The number of anilines is 1. The number of hydrogen-bond acceptors (Lipinski definition) is 5. The molecule has 0 bridgehead atoms. The molecule has 1 saturated heterocycles. The Hall–Kier alpha value is -2.44. The number of nitrogens with one attached hydrogen (secondary N) is 1. The lowest BCUT2D eigenvalue weighted by Gasteiger charge is -2.21. The van der Waals surface area contributed by atoms with Gasteiger partial charge in [0.2, 0.25) is 5.91 Å². The summed E-state index contributed by atoms with van der Waals surface area (Å²) in [6, 6.07) is 3.21. The Kier molecular flexibility index (Phi) is 4.52. The average Bonchev–Trinajstić information content (AvgIpc) is 2.71. The number of methoxy groups -OCH3 is 2. The van der Waals surface area contributed by atoms with Gasteiger partial charge in [-0.15, -0.1) is 0 Å². The molecule has 0 saturated carbocycles. The minimum Gasteiger partial charge on any atom is -0.497 e. The molecule has 1 fully saturated rings. The maximum absolute atomic E-state index is 12.6. The molecular weight excluding hydrogens is 274 g/mol. The van der Waals surface area contributed by atoms with Crippen molar-refractivity contribution in [3.63, 3.8) is 0 Å². The summed E-state index contributed by atoms with van der Waals surface area (Å²) in [5.74, 6) is 0.595. The molecule has 1 aliphatic rings. The molecule has 1 aliphatic heterocycles. The molecular formula is C14H19N3O4. The van der Waals surface area contributed by atoms with Crippen molar-refractivity contribution in [2.75, 3.05) is 39.6 Å². The molecule has 1 aromatic rings. The summed E-state index contributed by atoms with van der Waals surface area (Å²) in [5.41, 5.74) is 6.57. The van der Waals surface area contributed by atoms with Crippen molar-refractivity contribution in [3.8, 4) is 11.5 Å². The maximum Gasteiger partial charge on any atom is 0.256 e. The third kappa shape index (κ3) is 3.18. The molecule has 3 N–H and O–H groups in total. The van der Waals surface area contributed by atoms with Crippen LogP contribution in [-0.4, -0.2) is 50.6 Å². The smallest absolute Gasteiger partial charge is 0.256 e. The van der Waals surface area contributed by atoms with Crippen LogP contribution in [0, 0.1) is 0 Å². The number of benzene rings is 1. The molecule has 7 nitrogen and oxygen atoms in total. The SMILES string of the molecule is COc1cc(OC)c(N)c(C(=O)N2CCNC(=O)CC2)c1. The zero-order valence-corrected chi connectivity index (χ0v) is 12.1. The van der Waals surface area contributed by atoms with Crippen LogP contribution in [0.2, 0.25) is 0 Å². The second-order valence-corrected chi connectivity index (χ2v) is 4.68. The van der Waals surface area contributed by atoms with E-state index in [1.54, 1.807) is 17.0 Å². The highest BCUT2D eigenvalue weighted by atomic mass is 16.5. The predicted molar refractivity (Wildman–Crippen MR) is 77.5 cm³/mol. The van der Waals surface area contributed by atoms with Crippen LogP contribution in [0.3, 0.4) is 0 Å². The molecule has 2 rings (SSSR count). The number of nitrogen functional groups attached to an aromatic ring is 1. The van der Waals surface area contributed by atoms with Crippen molar-refractivity contribution >= 4 is 17.5 Å². The topological polar surface area (TPSA) is 93.9 Å². The highest BCUT2D eigenvalue weighted by Crippen LogP contribution is 2.31. The number of carbonyl (C=O) groups is 2. The number of nitrogens with two attached hydrogens (primary N) is 1. The Morgan fingerprint density at radius 3 is 2.71 bits per heavy atom. The van der Waals surface area contributed by atoms with E-state index in [1.165, 1.54) is 14.2 Å². The lowest BCUT2D eigenvalue weighted by molar-refractivity contribution is -0.120. The van der Waals surface area contributed by atoms with Crippen molar-refractivity contribution in [1.82, 2.24) is 10.2 Å². The van der Waals surface area contributed by atoms with Gasteiger partial charge in [-0.25, -0.2) is 0 Å². The fourth-order valence-corrected chi connectivity index (χ4v) is 2.21. The normalized spacial score (nSPS) is 15.1. The van der Waals surface area contributed by atoms with Gasteiger partial charge < -0.3 is 25.4 Å². The molecule has 0 atom stereocenters. The number of ether oxygens (including phenoxy) is 2. The zero-order chi connectivity index (χ0) is 15.4. The van der Waals surface area contributed by atoms with Gasteiger partial charge >= 0.3 is 0 Å². The molecule has 1 heterocycles. The van der Waals surface area contributed by atoms with Gasteiger partial charge in [-0.05, 0) is 6.07 Å². The van der Waals surface area contributed by atoms with Crippen LogP contribution in [0.15, 0.2) is 12.1 Å². The van der Waals surface area contributed by atoms with Crippen molar-refractivity contribution in [2.24, 2.45) is 0 Å². The number of carbonyl (C=O) groups excluding carboxylic acids is 2. The first kappa shape index (κ1) is 15.0. The van der Waals surface area contributed by atoms with Crippen LogP contribution >= 0.6 is 0 Å². The zero-order valence-electron chi connectivity index (χ0n) is 12.1. The highest BCUT2D eigenvalue weighted by Gasteiger charge is 2.23. The van der Waals surface area contributed by atoms with Crippen molar-refractivity contribution < 1.29 is 19.1 Å². The summed E-state index contributed by atoms with van der Waals surface area (Å²) in [6.45, 7) is 1.25. The van der Waals surface area contributed by atoms with Gasteiger partial charge in [-0.2, -0.15) is 0 Å². The van der Waals surface area contributed by atoms with Gasteiger partial charge in [0.15, 0.2) is 0 Å². The Bertz CT molecular complexity index is 559. The maximum atomic E-state index is 12.6. The number of rotatable bonds is 3. The summed E-state index contributed by atoms with van der Waals surface area (Å²) in [5, 5.41) is 2.73. The van der Waals surface area contributed by atoms with Crippen LogP contribution in [0.25, 0.3) is 0 Å². The van der Waals surface area contributed by atoms with Crippen LogP contribution < -0.4 is 20.5 Å². The van der Waals surface area contributed by atoms with Crippen molar-refractivity contribution in [2.45, 2.75) is 6.42 Å². The number of nitrogens with zero attached hydrogens (tertiary/aromatic N) is 1. The highest BCUT2D eigenvalue weighted by molar-refractivity contribution is 6.01. The van der Waals surface area contributed by atoms with Gasteiger partial charge in [-0.1, -0.05) is 0 Å². The number of hydrogen-bond donors (Lipinski definition) is 2. The van der Waals surface area contributed by atoms with Crippen molar-refractivity contribution in [3.05, 3.63) is 17.7 Å². The monoisotopic (exact) mass is 293 g/mol. The summed E-state index contributed by atoms with van der Waals surface area (Å²) in [7, 11) is 2.99. The standard InChI is InChI=1S/C14H19N3O4/c1-20-9-7-10(13(15)11(8-9)21-2)14(19)17-5-3-12(18)16-4-6-17/h7-8H,3-6,15H2,1-2H3,(H,16,18). The molecule has 0 radical (unpaired) electrons. The second kappa shape index (κ2) is 6.34. The molecule has 0 aromatic heterocycles. The van der Waals surface area contributed by atoms with E-state index in [4.69, 9.17) is 15.2 Å². The molecule has 7 heteroatoms. The second-order valence-electron chi connectivity index (χ2n) is 4.68. The Morgan fingerprint density at radius 2 is 2.05 bits per heavy atom. The van der Waals surface area contributed by atoms with Crippen LogP contribution in [0.5, 0.6) is 11.5 Å².